The smallest absolute Gasteiger partial charge is 0.258 e. The van der Waals surface area contributed by atoms with Gasteiger partial charge in [0.25, 0.3) is 5.89 Å². The zero-order valence-electron chi connectivity index (χ0n) is 11.2. The summed E-state index contributed by atoms with van der Waals surface area (Å²) in [7, 11) is 4.00. The molecule has 1 aliphatic carbocycles. The summed E-state index contributed by atoms with van der Waals surface area (Å²) in [6.07, 6.45) is 2.34. The topological polar surface area (TPSA) is 68.2 Å². The molecule has 19 heavy (non-hydrogen) atoms. The molecule has 1 aromatic heterocycles. The van der Waals surface area contributed by atoms with Crippen LogP contribution < -0.4 is 10.6 Å². The maximum absolute atomic E-state index is 6.08. The minimum absolute atomic E-state index is 0.0884. The summed E-state index contributed by atoms with van der Waals surface area (Å²) in [6.45, 7) is 0. The van der Waals surface area contributed by atoms with Gasteiger partial charge < -0.3 is 15.2 Å². The molecule has 0 bridgehead atoms. The maximum atomic E-state index is 6.08. The van der Waals surface area contributed by atoms with Gasteiger partial charge in [-0.25, -0.2) is 0 Å². The molecule has 1 saturated carbocycles. The molecule has 1 unspecified atom stereocenters. The molecule has 0 spiro atoms. The van der Waals surface area contributed by atoms with Gasteiger partial charge in [-0.1, -0.05) is 11.2 Å². The minimum atomic E-state index is -0.0884. The predicted octanol–water partition coefficient (Wildman–Crippen LogP) is 2.21. The number of anilines is 1. The third-order valence-electron chi connectivity index (χ3n) is 3.48. The van der Waals surface area contributed by atoms with E-state index >= 15 is 0 Å². The second kappa shape index (κ2) is 4.66. The third-order valence-corrected chi connectivity index (χ3v) is 3.48. The van der Waals surface area contributed by atoms with Crippen LogP contribution in [0.3, 0.4) is 0 Å². The summed E-state index contributed by atoms with van der Waals surface area (Å²) in [5.41, 5.74) is 8.10. The monoisotopic (exact) mass is 258 g/mol. The first kappa shape index (κ1) is 12.2. The van der Waals surface area contributed by atoms with E-state index in [0.717, 1.165) is 11.3 Å². The molecule has 5 nitrogen and oxygen atoms in total. The van der Waals surface area contributed by atoms with Gasteiger partial charge in [-0.2, -0.15) is 4.98 Å². The summed E-state index contributed by atoms with van der Waals surface area (Å²) in [6, 6.07) is 7.92. The van der Waals surface area contributed by atoms with E-state index in [2.05, 4.69) is 10.1 Å². The van der Waals surface area contributed by atoms with E-state index in [1.807, 2.05) is 43.3 Å². The van der Waals surface area contributed by atoms with Crippen molar-refractivity contribution in [2.24, 2.45) is 11.7 Å². The fourth-order valence-corrected chi connectivity index (χ4v) is 2.07. The zero-order chi connectivity index (χ0) is 13.4. The van der Waals surface area contributed by atoms with Gasteiger partial charge in [-0.05, 0) is 37.0 Å². The van der Waals surface area contributed by atoms with Crippen molar-refractivity contribution < 1.29 is 4.52 Å². The molecule has 0 radical (unpaired) electrons. The second-order valence-electron chi connectivity index (χ2n) is 5.27. The second-order valence-corrected chi connectivity index (χ2v) is 5.27. The van der Waals surface area contributed by atoms with Crippen LogP contribution in [-0.4, -0.2) is 24.2 Å². The van der Waals surface area contributed by atoms with Crippen molar-refractivity contribution in [3.05, 3.63) is 30.1 Å². The molecular formula is C14H18N4O. The van der Waals surface area contributed by atoms with E-state index in [4.69, 9.17) is 10.3 Å². The van der Waals surface area contributed by atoms with Crippen LogP contribution in [0.2, 0.25) is 0 Å². The molecule has 1 atom stereocenters. The van der Waals surface area contributed by atoms with Crippen LogP contribution in [0.4, 0.5) is 5.69 Å². The van der Waals surface area contributed by atoms with Crippen molar-refractivity contribution in [2.75, 3.05) is 19.0 Å². The molecule has 3 rings (SSSR count). The molecule has 0 aliphatic heterocycles. The summed E-state index contributed by atoms with van der Waals surface area (Å²) in [5.74, 6) is 1.68. The molecule has 1 aliphatic rings. The lowest BCUT2D eigenvalue weighted by Gasteiger charge is -2.12. The van der Waals surface area contributed by atoms with Gasteiger partial charge in [0.05, 0.1) is 6.04 Å². The quantitative estimate of drug-likeness (QED) is 0.910. The fourth-order valence-electron chi connectivity index (χ4n) is 2.07. The van der Waals surface area contributed by atoms with E-state index in [-0.39, 0.29) is 6.04 Å². The lowest BCUT2D eigenvalue weighted by molar-refractivity contribution is 0.411. The Kier molecular flexibility index (Phi) is 2.98. The van der Waals surface area contributed by atoms with Gasteiger partial charge in [0.15, 0.2) is 5.82 Å². The van der Waals surface area contributed by atoms with E-state index in [1.165, 1.54) is 12.8 Å². The van der Waals surface area contributed by atoms with Gasteiger partial charge in [0.2, 0.25) is 0 Å². The number of nitrogens with zero attached hydrogens (tertiary/aromatic N) is 3. The van der Waals surface area contributed by atoms with Gasteiger partial charge in [0, 0.05) is 25.3 Å². The number of rotatable bonds is 4. The van der Waals surface area contributed by atoms with Crippen molar-refractivity contribution in [2.45, 2.75) is 18.9 Å². The molecule has 5 heteroatoms. The van der Waals surface area contributed by atoms with E-state index < -0.39 is 0 Å². The summed E-state index contributed by atoms with van der Waals surface area (Å²) in [4.78, 5) is 6.46. The number of hydrogen-bond donors (Lipinski definition) is 1. The Morgan fingerprint density at radius 1 is 1.37 bits per heavy atom. The van der Waals surface area contributed by atoms with Crippen LogP contribution in [0.1, 0.15) is 24.7 Å². The molecule has 0 saturated heterocycles. The lowest BCUT2D eigenvalue weighted by atomic mass is 10.2. The lowest BCUT2D eigenvalue weighted by Crippen LogP contribution is -2.13. The highest BCUT2D eigenvalue weighted by atomic mass is 16.5. The Morgan fingerprint density at radius 2 is 2.16 bits per heavy atom. The van der Waals surface area contributed by atoms with Crippen LogP contribution >= 0.6 is 0 Å². The number of benzene rings is 1. The first-order valence-corrected chi connectivity index (χ1v) is 6.52. The van der Waals surface area contributed by atoms with Gasteiger partial charge in [-0.15, -0.1) is 0 Å². The van der Waals surface area contributed by atoms with Crippen LogP contribution in [0, 0.1) is 5.92 Å². The maximum Gasteiger partial charge on any atom is 0.258 e. The van der Waals surface area contributed by atoms with E-state index in [9.17, 15) is 0 Å². The van der Waals surface area contributed by atoms with Crippen molar-refractivity contribution in [1.29, 1.82) is 0 Å². The van der Waals surface area contributed by atoms with E-state index in [0.29, 0.717) is 17.6 Å². The molecule has 2 aromatic rings. The van der Waals surface area contributed by atoms with Gasteiger partial charge in [-0.3, -0.25) is 0 Å². The van der Waals surface area contributed by atoms with Crippen LogP contribution in [0.15, 0.2) is 28.8 Å². The highest BCUT2D eigenvalue weighted by Gasteiger charge is 2.32. The van der Waals surface area contributed by atoms with Crippen molar-refractivity contribution in [1.82, 2.24) is 10.1 Å². The van der Waals surface area contributed by atoms with Crippen LogP contribution in [0.25, 0.3) is 11.5 Å². The highest BCUT2D eigenvalue weighted by molar-refractivity contribution is 5.61. The Morgan fingerprint density at radius 3 is 2.84 bits per heavy atom. The molecular weight excluding hydrogens is 240 g/mol. The first-order valence-electron chi connectivity index (χ1n) is 6.52. The van der Waals surface area contributed by atoms with Gasteiger partial charge >= 0.3 is 0 Å². The Bertz CT molecular complexity index is 574. The molecule has 0 amide bonds. The molecule has 1 aromatic carbocycles. The average molecular weight is 258 g/mol. The molecule has 1 heterocycles. The number of hydrogen-bond acceptors (Lipinski definition) is 5. The Balaban J connectivity index is 1.87. The van der Waals surface area contributed by atoms with Crippen LogP contribution in [-0.2, 0) is 0 Å². The molecule has 2 N–H and O–H groups in total. The SMILES string of the molecule is CN(C)c1cccc(-c2nc(C(N)C3CC3)no2)c1. The van der Waals surface area contributed by atoms with E-state index in [1.54, 1.807) is 0 Å². The fraction of sp³-hybridized carbons (Fsp3) is 0.429. The highest BCUT2D eigenvalue weighted by Crippen LogP contribution is 2.38. The normalized spacial score (nSPS) is 16.4. The Hall–Kier alpha value is -1.88. The van der Waals surface area contributed by atoms with Crippen molar-refractivity contribution in [3.63, 3.8) is 0 Å². The first-order chi connectivity index (χ1) is 9.15. The summed E-state index contributed by atoms with van der Waals surface area (Å²) in [5, 5.41) is 4.00. The summed E-state index contributed by atoms with van der Waals surface area (Å²) >= 11 is 0. The van der Waals surface area contributed by atoms with Crippen molar-refractivity contribution in [3.8, 4) is 11.5 Å². The number of nitrogens with two attached hydrogens (primary N) is 1. The standard InChI is InChI=1S/C14H18N4O/c1-18(2)11-5-3-4-10(8-11)14-16-13(17-19-14)12(15)9-6-7-9/h3-5,8-9,12H,6-7,15H2,1-2H3. The minimum Gasteiger partial charge on any atom is -0.378 e. The molecule has 1 fully saturated rings. The average Bonchev–Trinajstić information content (AvgIpc) is 3.15. The van der Waals surface area contributed by atoms with Crippen molar-refractivity contribution >= 4 is 5.69 Å². The van der Waals surface area contributed by atoms with Gasteiger partial charge in [0.1, 0.15) is 0 Å². The predicted molar refractivity (Wildman–Crippen MR) is 73.7 cm³/mol. The third kappa shape index (κ3) is 2.46. The Labute approximate surface area is 112 Å². The largest absolute Gasteiger partial charge is 0.378 e. The van der Waals surface area contributed by atoms with Crippen LogP contribution in [0.5, 0.6) is 0 Å². The number of aromatic nitrogens is 2. The zero-order valence-corrected chi connectivity index (χ0v) is 11.2. The summed E-state index contributed by atoms with van der Waals surface area (Å²) < 4.78 is 5.32. The molecule has 100 valence electrons.